The number of nitrogens with one attached hydrogen (secondary N) is 3. The minimum atomic E-state index is -4.20. The highest BCUT2D eigenvalue weighted by Gasteiger charge is 2.26. The van der Waals surface area contributed by atoms with Crippen molar-refractivity contribution in [3.8, 4) is 0 Å². The first kappa shape index (κ1) is 24.5. The number of guanidine groups is 1. The molecule has 28 heavy (non-hydrogen) atoms. The molecule has 0 aromatic heterocycles. The van der Waals surface area contributed by atoms with Crippen LogP contribution in [0, 0.1) is 5.92 Å². The molecular weight excluding hydrogens is 484 g/mol. The maximum atomic E-state index is 12.3. The third-order valence-corrected chi connectivity index (χ3v) is 4.55. The van der Waals surface area contributed by atoms with E-state index in [1.54, 1.807) is 0 Å². The Kier molecular flexibility index (Phi) is 10.6. The number of carbonyl (C=O) groups is 1. The van der Waals surface area contributed by atoms with Crippen molar-refractivity contribution in [3.63, 3.8) is 0 Å². The molecule has 9 heteroatoms. The Labute approximate surface area is 181 Å². The predicted octanol–water partition coefficient (Wildman–Crippen LogP) is 4.44. The lowest BCUT2D eigenvalue weighted by Gasteiger charge is -2.21. The highest BCUT2D eigenvalue weighted by molar-refractivity contribution is 14.0. The molecule has 2 rings (SSSR count). The zero-order chi connectivity index (χ0) is 19.7. The summed E-state index contributed by atoms with van der Waals surface area (Å²) in [6, 6.07) is 7.41. The molecular formula is C19H28F3IN4O. The molecule has 1 aromatic carbocycles. The summed E-state index contributed by atoms with van der Waals surface area (Å²) in [4.78, 5) is 16.3. The van der Waals surface area contributed by atoms with E-state index >= 15 is 0 Å². The molecule has 1 aliphatic carbocycles. The summed E-state index contributed by atoms with van der Waals surface area (Å²) in [7, 11) is 1.50. The number of anilines is 1. The van der Waals surface area contributed by atoms with E-state index in [4.69, 9.17) is 0 Å². The van der Waals surface area contributed by atoms with Crippen LogP contribution in [0.25, 0.3) is 0 Å². The fraction of sp³-hybridized carbons (Fsp3) is 0.579. The van der Waals surface area contributed by atoms with Crippen LogP contribution in [0.5, 0.6) is 0 Å². The van der Waals surface area contributed by atoms with Crippen molar-refractivity contribution < 1.29 is 18.0 Å². The van der Waals surface area contributed by atoms with E-state index in [2.05, 4.69) is 20.9 Å². The van der Waals surface area contributed by atoms with E-state index in [9.17, 15) is 18.0 Å². The number of benzene rings is 1. The fourth-order valence-electron chi connectivity index (χ4n) is 3.10. The Balaban J connectivity index is 0.00000392. The lowest BCUT2D eigenvalue weighted by Crippen LogP contribution is -2.38. The topological polar surface area (TPSA) is 65.5 Å². The number of carbonyl (C=O) groups excluding carboxylic acids is 1. The van der Waals surface area contributed by atoms with Gasteiger partial charge in [-0.3, -0.25) is 9.79 Å². The van der Waals surface area contributed by atoms with E-state index in [-0.39, 0.29) is 42.3 Å². The Morgan fingerprint density at radius 3 is 2.54 bits per heavy atom. The van der Waals surface area contributed by atoms with Gasteiger partial charge in [0.25, 0.3) is 0 Å². The van der Waals surface area contributed by atoms with E-state index in [1.165, 1.54) is 13.5 Å². The number of nitrogens with zero attached hydrogens (tertiary/aromatic N) is 1. The van der Waals surface area contributed by atoms with E-state index in [1.807, 2.05) is 24.3 Å². The normalized spacial score (nSPS) is 15.5. The monoisotopic (exact) mass is 512 g/mol. The summed E-state index contributed by atoms with van der Waals surface area (Å²) in [5.74, 6) is 0.442. The molecule has 1 amide bonds. The molecule has 0 unspecified atom stereocenters. The molecule has 0 saturated heterocycles. The molecule has 1 fully saturated rings. The zero-order valence-corrected chi connectivity index (χ0v) is 18.3. The van der Waals surface area contributed by atoms with Crippen LogP contribution in [-0.2, 0) is 11.3 Å². The summed E-state index contributed by atoms with van der Waals surface area (Å²) in [6.07, 6.45) is 0.154. The molecule has 0 aliphatic heterocycles. The quantitative estimate of drug-likeness (QED) is 0.300. The lowest BCUT2D eigenvalue weighted by molar-refractivity contribution is -0.132. The van der Waals surface area contributed by atoms with Gasteiger partial charge in [0.1, 0.15) is 0 Å². The van der Waals surface area contributed by atoms with Gasteiger partial charge < -0.3 is 16.0 Å². The second-order valence-electron chi connectivity index (χ2n) is 6.74. The maximum Gasteiger partial charge on any atom is 0.390 e. The van der Waals surface area contributed by atoms with Crippen LogP contribution in [0.2, 0.25) is 0 Å². The minimum Gasteiger partial charge on any atom is -0.356 e. The minimum absolute atomic E-state index is 0. The third-order valence-electron chi connectivity index (χ3n) is 4.55. The summed E-state index contributed by atoms with van der Waals surface area (Å²) >= 11 is 0. The molecule has 5 nitrogen and oxygen atoms in total. The molecule has 1 aliphatic rings. The van der Waals surface area contributed by atoms with Crippen LogP contribution in [0.1, 0.15) is 44.1 Å². The fourth-order valence-corrected chi connectivity index (χ4v) is 3.10. The van der Waals surface area contributed by atoms with Crippen molar-refractivity contribution in [1.82, 2.24) is 10.6 Å². The molecule has 1 saturated carbocycles. The van der Waals surface area contributed by atoms with E-state index < -0.39 is 12.6 Å². The summed E-state index contributed by atoms with van der Waals surface area (Å²) in [5.41, 5.74) is 1.63. The lowest BCUT2D eigenvalue weighted by atomic mass is 9.88. The van der Waals surface area contributed by atoms with Gasteiger partial charge in [-0.1, -0.05) is 31.4 Å². The van der Waals surface area contributed by atoms with Crippen molar-refractivity contribution >= 4 is 41.5 Å². The van der Waals surface area contributed by atoms with Crippen molar-refractivity contribution in [1.29, 1.82) is 0 Å². The van der Waals surface area contributed by atoms with Gasteiger partial charge >= 0.3 is 6.18 Å². The molecule has 0 radical (unpaired) electrons. The molecule has 0 heterocycles. The second-order valence-corrected chi connectivity index (χ2v) is 6.74. The first-order valence-electron chi connectivity index (χ1n) is 9.28. The molecule has 0 atom stereocenters. The number of aliphatic imine (C=N–C) groups is 1. The largest absolute Gasteiger partial charge is 0.390 e. The Bertz CT molecular complexity index is 646. The first-order valence-corrected chi connectivity index (χ1v) is 9.28. The average Bonchev–Trinajstić information content (AvgIpc) is 2.64. The van der Waals surface area contributed by atoms with Crippen LogP contribution >= 0.6 is 24.0 Å². The summed E-state index contributed by atoms with van der Waals surface area (Å²) < 4.78 is 36.6. The number of alkyl halides is 3. The molecule has 1 aromatic rings. The van der Waals surface area contributed by atoms with E-state index in [0.29, 0.717) is 12.5 Å². The number of hydrogen-bond donors (Lipinski definition) is 3. The molecule has 0 spiro atoms. The van der Waals surface area contributed by atoms with Crippen molar-refractivity contribution in [2.75, 3.05) is 18.9 Å². The highest BCUT2D eigenvalue weighted by Crippen LogP contribution is 2.25. The smallest absolute Gasteiger partial charge is 0.356 e. The summed E-state index contributed by atoms with van der Waals surface area (Å²) in [5, 5.41) is 8.58. The predicted molar refractivity (Wildman–Crippen MR) is 116 cm³/mol. The first-order chi connectivity index (χ1) is 12.9. The van der Waals surface area contributed by atoms with Gasteiger partial charge in [-0.25, -0.2) is 0 Å². The van der Waals surface area contributed by atoms with Gasteiger partial charge in [-0.15, -0.1) is 24.0 Å². The van der Waals surface area contributed by atoms with E-state index in [0.717, 1.165) is 36.9 Å². The summed E-state index contributed by atoms with van der Waals surface area (Å²) in [6.45, 7) is 0.152. The van der Waals surface area contributed by atoms with Gasteiger partial charge in [0, 0.05) is 31.7 Å². The van der Waals surface area contributed by atoms with Gasteiger partial charge in [-0.05, 0) is 30.5 Å². The maximum absolute atomic E-state index is 12.3. The number of hydrogen-bond acceptors (Lipinski definition) is 2. The highest BCUT2D eigenvalue weighted by atomic mass is 127. The van der Waals surface area contributed by atoms with Crippen LogP contribution in [0.15, 0.2) is 29.3 Å². The third kappa shape index (κ3) is 9.11. The zero-order valence-electron chi connectivity index (χ0n) is 15.9. The molecule has 158 valence electrons. The Morgan fingerprint density at radius 2 is 1.89 bits per heavy atom. The van der Waals surface area contributed by atoms with Crippen molar-refractivity contribution in [3.05, 3.63) is 29.8 Å². The molecule has 0 bridgehead atoms. The molecule has 3 N–H and O–H groups in total. The van der Waals surface area contributed by atoms with Crippen LogP contribution in [0.3, 0.4) is 0 Å². The van der Waals surface area contributed by atoms with Crippen LogP contribution in [-0.4, -0.2) is 31.6 Å². The number of amides is 1. The standard InChI is InChI=1S/C19H27F3N4O.HI/c1-23-18(24-11-10-19(20,21)22)25-13-14-6-5-9-16(12-14)26-17(27)15-7-3-2-4-8-15;/h5-6,9,12,15H,2-4,7-8,10-11,13H2,1H3,(H,26,27)(H2,23,24,25);1H. The van der Waals surface area contributed by atoms with Crippen molar-refractivity contribution in [2.45, 2.75) is 51.2 Å². The van der Waals surface area contributed by atoms with Crippen molar-refractivity contribution in [2.24, 2.45) is 10.9 Å². The second kappa shape index (κ2) is 12.1. The van der Waals surface area contributed by atoms with Crippen LogP contribution in [0.4, 0.5) is 18.9 Å². The SMILES string of the molecule is CN=C(NCCC(F)(F)F)NCc1cccc(NC(=O)C2CCCCC2)c1.I. The Morgan fingerprint density at radius 1 is 1.18 bits per heavy atom. The number of rotatable bonds is 6. The van der Waals surface area contributed by atoms with Crippen LogP contribution < -0.4 is 16.0 Å². The van der Waals surface area contributed by atoms with Gasteiger partial charge in [0.2, 0.25) is 5.91 Å². The van der Waals surface area contributed by atoms with Gasteiger partial charge in [0.15, 0.2) is 5.96 Å². The van der Waals surface area contributed by atoms with Gasteiger partial charge in [-0.2, -0.15) is 13.2 Å². The number of halogens is 4. The van der Waals surface area contributed by atoms with Gasteiger partial charge in [0.05, 0.1) is 6.42 Å². The average molecular weight is 512 g/mol. The Hall–Kier alpha value is -1.52.